The zero-order chi connectivity index (χ0) is 20.6. The van der Waals surface area contributed by atoms with Gasteiger partial charge in [0.2, 0.25) is 5.82 Å². The topological polar surface area (TPSA) is 57.3 Å². The second-order valence-corrected chi connectivity index (χ2v) is 8.04. The molecule has 3 aromatic rings. The molecule has 1 aromatic heterocycles. The van der Waals surface area contributed by atoms with E-state index in [1.807, 2.05) is 22.9 Å². The van der Waals surface area contributed by atoms with E-state index in [0.29, 0.717) is 19.1 Å². The molecule has 1 N–H and O–H groups in total. The number of benzene rings is 2. The molecule has 154 valence electrons. The van der Waals surface area contributed by atoms with Gasteiger partial charge in [-0.15, -0.1) is 5.10 Å². The Labute approximate surface area is 177 Å². The van der Waals surface area contributed by atoms with E-state index in [-0.39, 0.29) is 6.04 Å². The molecule has 0 fully saturated rings. The lowest BCUT2D eigenvalue weighted by molar-refractivity contribution is -0.962. The lowest BCUT2D eigenvalue weighted by Gasteiger charge is -2.30. The van der Waals surface area contributed by atoms with Crippen molar-refractivity contribution < 1.29 is 9.64 Å². The van der Waals surface area contributed by atoms with Gasteiger partial charge < -0.3 is 9.64 Å². The van der Waals surface area contributed by atoms with E-state index < -0.39 is 0 Å². The number of hydrogen-bond donors (Lipinski definition) is 1. The molecule has 6 nitrogen and oxygen atoms in total. The maximum absolute atomic E-state index is 6.09. The molecule has 0 saturated carbocycles. The van der Waals surface area contributed by atoms with Crippen molar-refractivity contribution in [3.8, 4) is 0 Å². The fraction of sp³-hybridized carbons (Fsp3) is 0.409. The maximum atomic E-state index is 6.09. The van der Waals surface area contributed by atoms with Gasteiger partial charge in [-0.05, 0) is 22.6 Å². The maximum Gasteiger partial charge on any atom is 0.209 e. The van der Waals surface area contributed by atoms with Crippen LogP contribution >= 0.6 is 11.6 Å². The lowest BCUT2D eigenvalue weighted by Crippen LogP contribution is -3.10. The summed E-state index contributed by atoms with van der Waals surface area (Å²) in [7, 11) is 1.69. The molecule has 0 amide bonds. The Balaban J connectivity index is 1.94. The highest BCUT2D eigenvalue weighted by molar-refractivity contribution is 6.30. The van der Waals surface area contributed by atoms with Crippen molar-refractivity contribution in [1.29, 1.82) is 0 Å². The first-order valence-corrected chi connectivity index (χ1v) is 10.3. The van der Waals surface area contributed by atoms with E-state index in [9.17, 15) is 0 Å². The lowest BCUT2D eigenvalue weighted by atomic mass is 9.99. The first kappa shape index (κ1) is 21.4. The van der Waals surface area contributed by atoms with Crippen LogP contribution in [0.3, 0.4) is 0 Å². The molecule has 1 unspecified atom stereocenters. The van der Waals surface area contributed by atoms with Crippen molar-refractivity contribution in [2.45, 2.75) is 39.5 Å². The summed E-state index contributed by atoms with van der Waals surface area (Å²) in [5, 5.41) is 13.3. The van der Waals surface area contributed by atoms with Gasteiger partial charge in [0.05, 0.1) is 13.2 Å². The summed E-state index contributed by atoms with van der Waals surface area (Å²) in [5.74, 6) is 1.25. The number of quaternary nitrogens is 1. The molecule has 2 atom stereocenters. The van der Waals surface area contributed by atoms with Gasteiger partial charge in [-0.1, -0.05) is 67.9 Å². The number of methoxy groups -OCH3 is 1. The Morgan fingerprint density at radius 2 is 1.66 bits per heavy atom. The number of tetrazole rings is 1. The highest BCUT2D eigenvalue weighted by atomic mass is 35.5. The van der Waals surface area contributed by atoms with Crippen LogP contribution in [-0.4, -0.2) is 33.9 Å². The molecule has 1 heterocycles. The monoisotopic (exact) mass is 414 g/mol. The van der Waals surface area contributed by atoms with Gasteiger partial charge in [0.25, 0.3) is 0 Å². The first-order valence-electron chi connectivity index (χ1n) is 9.96. The number of halogens is 1. The smallest absolute Gasteiger partial charge is 0.209 e. The molecule has 2 aromatic carbocycles. The fourth-order valence-corrected chi connectivity index (χ4v) is 3.85. The normalized spacial score (nSPS) is 13.6. The van der Waals surface area contributed by atoms with Crippen LogP contribution in [-0.2, 0) is 24.4 Å². The number of hydrogen-bond acceptors (Lipinski definition) is 4. The SMILES string of the molecule is COCCn1nnnc1[C@H](C(C)C)[NH+](Cc1ccccc1)Cc1ccc(Cl)cc1. The molecular weight excluding hydrogens is 386 g/mol. The van der Waals surface area contributed by atoms with E-state index >= 15 is 0 Å². The summed E-state index contributed by atoms with van der Waals surface area (Å²) < 4.78 is 7.11. The van der Waals surface area contributed by atoms with E-state index in [2.05, 4.69) is 65.8 Å². The Kier molecular flexibility index (Phi) is 7.75. The number of aromatic nitrogens is 4. The molecule has 3 rings (SSSR count). The molecular formula is C22H29ClN5O+. The summed E-state index contributed by atoms with van der Waals surface area (Å²) in [4.78, 5) is 1.39. The van der Waals surface area contributed by atoms with Crippen LogP contribution in [0.25, 0.3) is 0 Å². The average molecular weight is 415 g/mol. The summed E-state index contributed by atoms with van der Waals surface area (Å²) in [5.41, 5.74) is 2.53. The van der Waals surface area contributed by atoms with E-state index in [1.165, 1.54) is 16.0 Å². The number of nitrogens with zero attached hydrogens (tertiary/aromatic N) is 4. The summed E-state index contributed by atoms with van der Waals surface area (Å²) in [6.07, 6.45) is 0. The Bertz CT molecular complexity index is 866. The minimum Gasteiger partial charge on any atom is -0.383 e. The second-order valence-electron chi connectivity index (χ2n) is 7.60. The van der Waals surface area contributed by atoms with Crippen molar-refractivity contribution >= 4 is 11.6 Å². The van der Waals surface area contributed by atoms with E-state index in [4.69, 9.17) is 16.3 Å². The predicted molar refractivity (Wildman–Crippen MR) is 114 cm³/mol. The van der Waals surface area contributed by atoms with Crippen LogP contribution in [0, 0.1) is 5.92 Å². The van der Waals surface area contributed by atoms with Gasteiger partial charge in [-0.3, -0.25) is 0 Å². The van der Waals surface area contributed by atoms with Crippen molar-refractivity contribution in [2.24, 2.45) is 5.92 Å². The van der Waals surface area contributed by atoms with Gasteiger partial charge in [0.1, 0.15) is 13.1 Å². The van der Waals surface area contributed by atoms with E-state index in [0.717, 1.165) is 23.9 Å². The van der Waals surface area contributed by atoms with Gasteiger partial charge in [0.15, 0.2) is 6.04 Å². The molecule has 7 heteroatoms. The van der Waals surface area contributed by atoms with Crippen molar-refractivity contribution in [2.75, 3.05) is 13.7 Å². The molecule has 0 aliphatic rings. The van der Waals surface area contributed by atoms with Crippen LogP contribution in [0.1, 0.15) is 36.8 Å². The van der Waals surface area contributed by atoms with Crippen LogP contribution in [0.15, 0.2) is 54.6 Å². The number of ether oxygens (including phenoxy) is 1. The number of nitrogens with one attached hydrogen (secondary N) is 1. The van der Waals surface area contributed by atoms with Crippen molar-refractivity contribution in [3.63, 3.8) is 0 Å². The zero-order valence-electron chi connectivity index (χ0n) is 17.3. The average Bonchev–Trinajstić information content (AvgIpc) is 3.16. The fourth-order valence-electron chi connectivity index (χ4n) is 3.73. The molecule has 0 radical (unpaired) electrons. The molecule has 0 aliphatic heterocycles. The summed E-state index contributed by atoms with van der Waals surface area (Å²) in [6, 6.07) is 18.8. The highest BCUT2D eigenvalue weighted by Crippen LogP contribution is 2.18. The number of rotatable bonds is 10. The quantitative estimate of drug-likeness (QED) is 0.554. The van der Waals surface area contributed by atoms with Gasteiger partial charge >= 0.3 is 0 Å². The van der Waals surface area contributed by atoms with Crippen LogP contribution in [0.2, 0.25) is 5.02 Å². The van der Waals surface area contributed by atoms with Crippen LogP contribution in [0.5, 0.6) is 0 Å². The summed E-state index contributed by atoms with van der Waals surface area (Å²) >= 11 is 6.09. The third-order valence-corrected chi connectivity index (χ3v) is 5.32. The molecule has 0 aliphatic carbocycles. The predicted octanol–water partition coefficient (Wildman–Crippen LogP) is 2.96. The van der Waals surface area contributed by atoms with Crippen molar-refractivity contribution in [1.82, 2.24) is 20.2 Å². The molecule has 0 bridgehead atoms. The molecule has 0 spiro atoms. The van der Waals surface area contributed by atoms with Crippen molar-refractivity contribution in [3.05, 3.63) is 76.6 Å². The second kappa shape index (κ2) is 10.5. The van der Waals surface area contributed by atoms with Crippen LogP contribution < -0.4 is 4.90 Å². The van der Waals surface area contributed by atoms with Gasteiger partial charge in [-0.25, -0.2) is 4.68 Å². The largest absolute Gasteiger partial charge is 0.383 e. The Hall–Kier alpha value is -2.28. The minimum absolute atomic E-state index is 0.137. The highest BCUT2D eigenvalue weighted by Gasteiger charge is 2.33. The third-order valence-electron chi connectivity index (χ3n) is 5.07. The molecule has 29 heavy (non-hydrogen) atoms. The van der Waals surface area contributed by atoms with Crippen LogP contribution in [0.4, 0.5) is 0 Å². The third kappa shape index (κ3) is 5.85. The van der Waals surface area contributed by atoms with Gasteiger partial charge in [0, 0.05) is 29.2 Å². The first-order chi connectivity index (χ1) is 14.1. The zero-order valence-corrected chi connectivity index (χ0v) is 18.0. The molecule has 0 saturated heterocycles. The Morgan fingerprint density at radius 3 is 2.28 bits per heavy atom. The van der Waals surface area contributed by atoms with E-state index in [1.54, 1.807) is 7.11 Å². The Morgan fingerprint density at radius 1 is 1.00 bits per heavy atom. The standard InChI is InChI=1S/C22H28ClN5O/c1-17(2)21(22-24-25-26-28(22)13-14-29-3)27(15-18-7-5-4-6-8-18)16-19-9-11-20(23)12-10-19/h4-12,17,21H,13-16H2,1-3H3/p+1/t21-/m0/s1. The minimum atomic E-state index is 0.137. The van der Waals surface area contributed by atoms with Gasteiger partial charge in [-0.2, -0.15) is 0 Å². The summed E-state index contributed by atoms with van der Waals surface area (Å²) in [6.45, 7) is 7.41.